The van der Waals surface area contributed by atoms with Crippen molar-refractivity contribution in [3.05, 3.63) is 29.8 Å². The minimum absolute atomic E-state index is 0.291. The van der Waals surface area contributed by atoms with Crippen LogP contribution in [0.15, 0.2) is 24.3 Å². The number of anilines is 1. The van der Waals surface area contributed by atoms with Crippen molar-refractivity contribution in [3.8, 4) is 0 Å². The number of nitrogens with zero attached hydrogens (tertiary/aromatic N) is 1. The molecule has 1 fully saturated rings. The molecule has 106 valence electrons. The number of benzene rings is 1. The van der Waals surface area contributed by atoms with Crippen LogP contribution in [-0.4, -0.2) is 44.2 Å². The van der Waals surface area contributed by atoms with E-state index in [0.717, 1.165) is 26.2 Å². The van der Waals surface area contributed by atoms with Crippen molar-refractivity contribution in [2.45, 2.75) is 20.8 Å². The Morgan fingerprint density at radius 1 is 1.21 bits per heavy atom. The molecule has 0 atom stereocenters. The zero-order valence-corrected chi connectivity index (χ0v) is 12.5. The summed E-state index contributed by atoms with van der Waals surface area (Å²) in [5.41, 5.74) is 2.87. The molecule has 2 N–H and O–H groups in total. The highest BCUT2D eigenvalue weighted by molar-refractivity contribution is 5.50. The van der Waals surface area contributed by atoms with E-state index in [9.17, 15) is 0 Å². The summed E-state index contributed by atoms with van der Waals surface area (Å²) in [5, 5.41) is 7.01. The summed E-state index contributed by atoms with van der Waals surface area (Å²) in [6.45, 7) is 13.6. The molecule has 0 amide bonds. The molecule has 1 saturated heterocycles. The third-order valence-corrected chi connectivity index (χ3v) is 3.76. The molecule has 1 aromatic rings. The lowest BCUT2D eigenvalue weighted by Gasteiger charge is -2.35. The minimum Gasteiger partial charge on any atom is -0.384 e. The van der Waals surface area contributed by atoms with E-state index in [1.165, 1.54) is 24.3 Å². The fraction of sp³-hybridized carbons (Fsp3) is 0.625. The summed E-state index contributed by atoms with van der Waals surface area (Å²) >= 11 is 0. The van der Waals surface area contributed by atoms with Crippen LogP contribution in [0.4, 0.5) is 5.69 Å². The fourth-order valence-electron chi connectivity index (χ4n) is 2.64. The van der Waals surface area contributed by atoms with E-state index >= 15 is 0 Å². The maximum atomic E-state index is 3.60. The first kappa shape index (κ1) is 14.4. The van der Waals surface area contributed by atoms with Gasteiger partial charge in [0.15, 0.2) is 0 Å². The molecule has 1 aliphatic heterocycles. The average Bonchev–Trinajstić information content (AvgIpc) is 2.38. The number of rotatable bonds is 5. The van der Waals surface area contributed by atoms with Crippen molar-refractivity contribution in [2.75, 3.05) is 44.6 Å². The number of hydrogen-bond acceptors (Lipinski definition) is 3. The second-order valence-corrected chi connectivity index (χ2v) is 6.36. The van der Waals surface area contributed by atoms with E-state index in [1.54, 1.807) is 0 Å². The van der Waals surface area contributed by atoms with E-state index in [4.69, 9.17) is 0 Å². The molecule has 19 heavy (non-hydrogen) atoms. The van der Waals surface area contributed by atoms with Crippen molar-refractivity contribution < 1.29 is 0 Å². The zero-order valence-electron chi connectivity index (χ0n) is 12.5. The van der Waals surface area contributed by atoms with Gasteiger partial charge in [-0.1, -0.05) is 32.0 Å². The number of hydrogen-bond donors (Lipinski definition) is 2. The molecule has 2 rings (SSSR count). The summed E-state index contributed by atoms with van der Waals surface area (Å²) in [7, 11) is 0. The van der Waals surface area contributed by atoms with Crippen molar-refractivity contribution in [2.24, 2.45) is 5.41 Å². The second-order valence-electron chi connectivity index (χ2n) is 6.36. The van der Waals surface area contributed by atoms with Gasteiger partial charge in [-0.25, -0.2) is 0 Å². The highest BCUT2D eigenvalue weighted by Crippen LogP contribution is 2.20. The maximum Gasteiger partial charge on any atom is 0.0370 e. The van der Waals surface area contributed by atoms with Crippen molar-refractivity contribution in [3.63, 3.8) is 0 Å². The Balaban J connectivity index is 1.84. The maximum absolute atomic E-state index is 3.60. The van der Waals surface area contributed by atoms with Crippen LogP contribution in [0.3, 0.4) is 0 Å². The molecule has 0 aliphatic carbocycles. The van der Waals surface area contributed by atoms with E-state index < -0.39 is 0 Å². The fourth-order valence-corrected chi connectivity index (χ4v) is 2.64. The van der Waals surface area contributed by atoms with Crippen LogP contribution in [0, 0.1) is 12.3 Å². The highest BCUT2D eigenvalue weighted by atomic mass is 15.2. The molecule has 1 aromatic carbocycles. The van der Waals surface area contributed by atoms with Gasteiger partial charge in [-0.05, 0) is 24.0 Å². The molecule has 0 saturated carbocycles. The zero-order chi connectivity index (χ0) is 13.7. The van der Waals surface area contributed by atoms with Crippen molar-refractivity contribution in [1.82, 2.24) is 10.2 Å². The quantitative estimate of drug-likeness (QED) is 0.852. The van der Waals surface area contributed by atoms with Gasteiger partial charge < -0.3 is 15.5 Å². The van der Waals surface area contributed by atoms with Gasteiger partial charge >= 0.3 is 0 Å². The molecule has 0 aromatic heterocycles. The predicted octanol–water partition coefficient (Wildman–Crippen LogP) is 2.34. The Labute approximate surface area is 117 Å². The lowest BCUT2D eigenvalue weighted by molar-refractivity contribution is 0.168. The van der Waals surface area contributed by atoms with Gasteiger partial charge in [-0.15, -0.1) is 0 Å². The van der Waals surface area contributed by atoms with Gasteiger partial charge in [0, 0.05) is 45.0 Å². The van der Waals surface area contributed by atoms with E-state index in [2.05, 4.69) is 60.6 Å². The van der Waals surface area contributed by atoms with Gasteiger partial charge in [0.1, 0.15) is 0 Å². The van der Waals surface area contributed by atoms with E-state index in [0.29, 0.717) is 5.41 Å². The van der Waals surface area contributed by atoms with Crippen molar-refractivity contribution in [1.29, 1.82) is 0 Å². The van der Waals surface area contributed by atoms with Crippen LogP contribution in [0.25, 0.3) is 0 Å². The SMILES string of the molecule is Cc1ccccc1NCC(C)(C)CN1CCNCC1. The van der Waals surface area contributed by atoms with Gasteiger partial charge in [0.05, 0.1) is 0 Å². The first-order valence-corrected chi connectivity index (χ1v) is 7.29. The van der Waals surface area contributed by atoms with Crippen LogP contribution in [0.2, 0.25) is 0 Å². The van der Waals surface area contributed by atoms with Crippen LogP contribution in [0.1, 0.15) is 19.4 Å². The monoisotopic (exact) mass is 261 g/mol. The van der Waals surface area contributed by atoms with Crippen LogP contribution in [-0.2, 0) is 0 Å². The Morgan fingerprint density at radius 3 is 2.58 bits per heavy atom. The molecule has 0 spiro atoms. The first-order chi connectivity index (χ1) is 9.07. The largest absolute Gasteiger partial charge is 0.384 e. The second kappa shape index (κ2) is 6.40. The standard InChI is InChI=1S/C16H27N3/c1-14-6-4-5-7-15(14)18-12-16(2,3)13-19-10-8-17-9-11-19/h4-7,17-18H,8-13H2,1-3H3. The molecule has 0 radical (unpaired) electrons. The lowest BCUT2D eigenvalue weighted by Crippen LogP contribution is -2.48. The van der Waals surface area contributed by atoms with E-state index in [1.807, 2.05) is 0 Å². The van der Waals surface area contributed by atoms with Gasteiger partial charge in [-0.2, -0.15) is 0 Å². The Hall–Kier alpha value is -1.06. The normalized spacial score (nSPS) is 17.4. The summed E-state index contributed by atoms with van der Waals surface area (Å²) in [4.78, 5) is 2.57. The molecule has 1 aliphatic rings. The van der Waals surface area contributed by atoms with Crippen LogP contribution in [0.5, 0.6) is 0 Å². The molecule has 1 heterocycles. The molecule has 3 heteroatoms. The molecule has 0 bridgehead atoms. The smallest absolute Gasteiger partial charge is 0.0370 e. The van der Waals surface area contributed by atoms with Gasteiger partial charge in [-0.3, -0.25) is 0 Å². The van der Waals surface area contributed by atoms with Gasteiger partial charge in [0.25, 0.3) is 0 Å². The average molecular weight is 261 g/mol. The molecular weight excluding hydrogens is 234 g/mol. The summed E-state index contributed by atoms with van der Waals surface area (Å²) < 4.78 is 0. The van der Waals surface area contributed by atoms with Crippen LogP contribution >= 0.6 is 0 Å². The molecule has 0 unspecified atom stereocenters. The number of para-hydroxylation sites is 1. The molecule has 3 nitrogen and oxygen atoms in total. The number of piperazine rings is 1. The van der Waals surface area contributed by atoms with Crippen LogP contribution < -0.4 is 10.6 Å². The van der Waals surface area contributed by atoms with Gasteiger partial charge in [0.2, 0.25) is 0 Å². The molecular formula is C16H27N3. The number of nitrogens with one attached hydrogen (secondary N) is 2. The summed E-state index contributed by atoms with van der Waals surface area (Å²) in [6.07, 6.45) is 0. The summed E-state index contributed by atoms with van der Waals surface area (Å²) in [5.74, 6) is 0. The minimum atomic E-state index is 0.291. The number of aryl methyl sites for hydroxylation is 1. The van der Waals surface area contributed by atoms with E-state index in [-0.39, 0.29) is 0 Å². The topological polar surface area (TPSA) is 27.3 Å². The third-order valence-electron chi connectivity index (χ3n) is 3.76. The Kier molecular flexibility index (Phi) is 4.83. The Morgan fingerprint density at radius 2 is 1.89 bits per heavy atom. The Bertz CT molecular complexity index is 395. The summed E-state index contributed by atoms with van der Waals surface area (Å²) in [6, 6.07) is 8.51. The third kappa shape index (κ3) is 4.51. The highest BCUT2D eigenvalue weighted by Gasteiger charge is 2.22. The van der Waals surface area contributed by atoms with Crippen molar-refractivity contribution >= 4 is 5.69 Å². The predicted molar refractivity (Wildman–Crippen MR) is 82.8 cm³/mol. The lowest BCUT2D eigenvalue weighted by atomic mass is 9.92. The first-order valence-electron chi connectivity index (χ1n) is 7.29.